The van der Waals surface area contributed by atoms with Crippen LogP contribution in [0.3, 0.4) is 0 Å². The molecule has 0 N–H and O–H groups in total. The largest absolute Gasteiger partial charge is 0.822 e. The molecule has 0 spiro atoms. The highest BCUT2D eigenvalue weighted by Gasteiger charge is 2.36. The average Bonchev–Trinajstić information content (AvgIpc) is 3.24. The van der Waals surface area contributed by atoms with Crippen molar-refractivity contribution >= 4 is 29.6 Å². The molecule has 0 atom stereocenters. The summed E-state index contributed by atoms with van der Waals surface area (Å²) in [5.74, 6) is 0. The summed E-state index contributed by atoms with van der Waals surface area (Å²) in [6.45, 7) is 28.2. The van der Waals surface area contributed by atoms with Crippen LogP contribution in [0.2, 0.25) is 0 Å². The zero-order valence-corrected chi connectivity index (χ0v) is 50.1. The molecule has 0 aromatic heterocycles. The summed E-state index contributed by atoms with van der Waals surface area (Å²) in [5, 5.41) is 0. The van der Waals surface area contributed by atoms with E-state index in [4.69, 9.17) is 19.2 Å². The Bertz CT molecular complexity index is 748. The molecule has 392 valence electrons. The first kappa shape index (κ1) is 71.9. The van der Waals surface area contributed by atoms with Crippen LogP contribution >= 0.6 is 29.6 Å². The molecule has 0 bridgehead atoms. The van der Waals surface area contributed by atoms with Crippen molar-refractivity contribution in [1.29, 1.82) is 0 Å². The van der Waals surface area contributed by atoms with E-state index in [-0.39, 0.29) is 0 Å². The van der Waals surface area contributed by atoms with Gasteiger partial charge in [0.25, 0.3) is 0 Å². The lowest BCUT2D eigenvalue weighted by molar-refractivity contribution is -0.432. The van der Waals surface area contributed by atoms with Crippen LogP contribution in [-0.4, -0.2) is 73.9 Å². The van der Waals surface area contributed by atoms with Gasteiger partial charge in [-0.3, -0.25) is 0 Å². The van der Waals surface area contributed by atoms with E-state index in [1.54, 1.807) is 99.6 Å². The minimum atomic E-state index is -5.39. The van der Waals surface area contributed by atoms with Gasteiger partial charge in [0, 0.05) is 21.8 Å². The maximum atomic E-state index is 8.55. The van der Waals surface area contributed by atoms with E-state index >= 15 is 0 Å². The van der Waals surface area contributed by atoms with Gasteiger partial charge in [-0.2, -0.15) is 7.82 Å². The van der Waals surface area contributed by atoms with Gasteiger partial charge in [-0.05, 0) is 103 Å². The summed E-state index contributed by atoms with van der Waals surface area (Å²) < 4.78 is 8.55. The molecule has 0 aromatic rings. The van der Waals surface area contributed by atoms with Gasteiger partial charge in [-0.25, -0.2) is 0 Å². The van der Waals surface area contributed by atoms with Gasteiger partial charge in [-0.15, -0.1) is 0 Å². The van der Waals surface area contributed by atoms with Gasteiger partial charge in [0.05, 0.1) is 73.9 Å². The van der Waals surface area contributed by atoms with Crippen molar-refractivity contribution in [2.45, 2.75) is 289 Å². The van der Waals surface area contributed by atoms with E-state index in [2.05, 4.69) is 83.1 Å². The molecule has 0 amide bonds. The lowest BCUT2D eigenvalue weighted by atomic mass is 10.1. The molecule has 0 aliphatic heterocycles. The van der Waals surface area contributed by atoms with Crippen molar-refractivity contribution < 1.29 is 19.2 Å². The number of rotatable bonds is 44. The predicted octanol–water partition coefficient (Wildman–Crippen LogP) is 18.9. The summed E-state index contributed by atoms with van der Waals surface area (Å²) >= 11 is 0. The molecule has 64 heavy (non-hydrogen) atoms. The summed E-state index contributed by atoms with van der Waals surface area (Å²) in [6, 6.07) is 0. The van der Waals surface area contributed by atoms with Crippen LogP contribution in [0.5, 0.6) is 0 Å². The molecule has 0 saturated carbocycles. The highest BCUT2D eigenvalue weighted by molar-refractivity contribution is 7.76. The second kappa shape index (κ2) is 53.7. The molecule has 0 unspecified atom stereocenters. The number of hydrogen-bond acceptors (Lipinski definition) is 4. The topological polar surface area (TPSA) is 86.2 Å². The van der Waals surface area contributed by atoms with Crippen molar-refractivity contribution in [3.63, 3.8) is 0 Å². The molecule has 8 heteroatoms. The molecule has 0 radical (unpaired) electrons. The maximum absolute atomic E-state index is 8.55. The van der Waals surface area contributed by atoms with Gasteiger partial charge in [0.15, 0.2) is 0 Å². The van der Waals surface area contributed by atoms with E-state index in [0.717, 1.165) is 0 Å². The Hall–Kier alpha value is 1.40. The van der Waals surface area contributed by atoms with Crippen LogP contribution in [0.4, 0.5) is 0 Å². The molecule has 0 heterocycles. The Morgan fingerprint density at radius 2 is 0.344 bits per heavy atom. The van der Waals surface area contributed by atoms with Crippen molar-refractivity contribution in [2.24, 2.45) is 0 Å². The molecule has 0 aromatic carbocycles. The van der Waals surface area contributed by atoms with Crippen molar-refractivity contribution in [2.75, 3.05) is 73.9 Å². The van der Waals surface area contributed by atoms with E-state index in [0.29, 0.717) is 0 Å². The quantitative estimate of drug-likeness (QED) is 0.0450. The Morgan fingerprint density at radius 1 is 0.219 bits per heavy atom. The second-order valence-corrected chi connectivity index (χ2v) is 34.5. The highest BCUT2D eigenvalue weighted by atomic mass is 31.2. The average molecular weight is 985 g/mol. The molecule has 0 saturated heterocycles. The Kier molecular flexibility index (Phi) is 60.4. The van der Waals surface area contributed by atoms with Gasteiger partial charge in [-0.1, -0.05) is 186 Å². The van der Waals surface area contributed by atoms with E-state index in [9.17, 15) is 0 Å². The molecule has 0 aliphatic carbocycles. The van der Waals surface area contributed by atoms with Crippen LogP contribution in [0, 0.1) is 0 Å². The van der Waals surface area contributed by atoms with Crippen LogP contribution in [-0.2, 0) is 4.57 Å². The standard InChI is InChI=1S/C32H68P.2C12H28P.H3O4P/c1-5-9-13-17-21-25-29-33(30-26-22-18-14-10-6-2,31-27-23-19-15-11-7-3)32-28-24-20-16-12-8-4;2*1-5-9-13(10-6-2,11-7-3)12-8-4;1-5(2,3)4/h5-32H2,1-4H3;2*5-12H2,1-4H3;(H3,1,2,3,4)/q3*+1;/p-3. The van der Waals surface area contributed by atoms with Crippen LogP contribution in [0.25, 0.3) is 0 Å². The number of unbranched alkanes of at least 4 members (excludes halogenated alkanes) is 20. The molecule has 0 fully saturated rings. The van der Waals surface area contributed by atoms with E-state index in [1.807, 2.05) is 0 Å². The first-order chi connectivity index (χ1) is 30.7. The third-order valence-corrected chi connectivity index (χ3v) is 29.8. The third-order valence-electron chi connectivity index (χ3n) is 13.5. The van der Waals surface area contributed by atoms with Crippen molar-refractivity contribution in [3.05, 3.63) is 0 Å². The van der Waals surface area contributed by atoms with Crippen LogP contribution < -0.4 is 14.7 Å². The number of phosphoric acid groups is 1. The highest BCUT2D eigenvalue weighted by Crippen LogP contribution is 2.62. The summed E-state index contributed by atoms with van der Waals surface area (Å²) in [4.78, 5) is 25.6. The van der Waals surface area contributed by atoms with Gasteiger partial charge in [0.1, 0.15) is 0 Å². The van der Waals surface area contributed by atoms with Gasteiger partial charge >= 0.3 is 0 Å². The number of hydrogen-bond donors (Lipinski definition) is 0. The molecule has 0 aliphatic rings. The fourth-order valence-corrected chi connectivity index (χ4v) is 25.9. The predicted molar refractivity (Wildman–Crippen MR) is 303 cm³/mol. The first-order valence-electron chi connectivity index (χ1n) is 29.0. The fraction of sp³-hybridized carbons (Fsp3) is 1.00. The smallest absolute Gasteiger partial charge is 0.0594 e. The zero-order chi connectivity index (χ0) is 49.1. The Balaban J connectivity index is -0.000000471. The molecular weight excluding hydrogens is 861 g/mol. The second-order valence-electron chi connectivity index (χ2n) is 20.2. The fourth-order valence-electron chi connectivity index (χ4n) is 10.7. The SMILES string of the molecule is CCCCCCCC[P+](CCCCCCCC)(CCCCCCCC)CCCCCCCC.CCC[P+](CCC)(CCC)CCC.CCC[P+](CCC)(CCC)CCC.O=P([O-])([O-])[O-]. The van der Waals surface area contributed by atoms with Crippen molar-refractivity contribution in [1.82, 2.24) is 0 Å². The third kappa shape index (κ3) is 51.3. The molecular formula is C56H124O4P4. The lowest BCUT2D eigenvalue weighted by Crippen LogP contribution is -2.24. The summed E-state index contributed by atoms with van der Waals surface area (Å²) in [5.41, 5.74) is 0. The monoisotopic (exact) mass is 985 g/mol. The summed E-state index contributed by atoms with van der Waals surface area (Å²) in [6.07, 6.45) is 65.9. The van der Waals surface area contributed by atoms with Gasteiger partial charge in [0.2, 0.25) is 0 Å². The molecule has 4 nitrogen and oxygen atoms in total. The first-order valence-corrected chi connectivity index (χ1v) is 38.1. The Morgan fingerprint density at radius 3 is 0.484 bits per heavy atom. The minimum Gasteiger partial charge on any atom is -0.822 e. The zero-order valence-electron chi connectivity index (χ0n) is 46.5. The van der Waals surface area contributed by atoms with E-state index < -0.39 is 29.6 Å². The van der Waals surface area contributed by atoms with Gasteiger partial charge < -0.3 is 19.2 Å². The normalized spacial score (nSPS) is 12.0. The van der Waals surface area contributed by atoms with Crippen molar-refractivity contribution in [3.8, 4) is 0 Å². The van der Waals surface area contributed by atoms with E-state index in [1.165, 1.54) is 180 Å². The van der Waals surface area contributed by atoms with Crippen LogP contribution in [0.15, 0.2) is 0 Å². The minimum absolute atomic E-state index is 0.496. The summed E-state index contributed by atoms with van der Waals surface area (Å²) in [7, 11) is -7.10. The van der Waals surface area contributed by atoms with Crippen LogP contribution in [0.1, 0.15) is 289 Å². The molecule has 0 rings (SSSR count). The Labute approximate surface area is 409 Å². The maximum Gasteiger partial charge on any atom is 0.0594 e. The lowest BCUT2D eigenvalue weighted by Gasteiger charge is -2.36.